The minimum absolute atomic E-state index is 0.0792. The van der Waals surface area contributed by atoms with Gasteiger partial charge in [-0.05, 0) is 25.0 Å². The van der Waals surface area contributed by atoms with Crippen molar-refractivity contribution in [2.24, 2.45) is 0 Å². The number of nitrogens with one attached hydrogen (secondary N) is 1. The maximum Gasteiger partial charge on any atom is 0.303 e. The summed E-state index contributed by atoms with van der Waals surface area (Å²) in [6, 6.07) is 6.70. The maximum atomic E-state index is 12.5. The van der Waals surface area contributed by atoms with Gasteiger partial charge in [0.2, 0.25) is 5.91 Å². The molecule has 1 aromatic rings. The van der Waals surface area contributed by atoms with Crippen LogP contribution in [-0.2, 0) is 14.4 Å². The maximum absolute atomic E-state index is 12.5. The summed E-state index contributed by atoms with van der Waals surface area (Å²) >= 11 is 6.38. The zero-order chi connectivity index (χ0) is 20.5. The Balaban J connectivity index is 1.77. The fourth-order valence-corrected chi connectivity index (χ4v) is 3.85. The number of phenolic OH excluding ortho intramolecular Hbond substituents is 1. The lowest BCUT2D eigenvalue weighted by Crippen LogP contribution is -2.33. The molecule has 2 amide bonds. The van der Waals surface area contributed by atoms with Crippen molar-refractivity contribution in [2.45, 2.75) is 32.1 Å². The smallest absolute Gasteiger partial charge is 0.303 e. The summed E-state index contributed by atoms with van der Waals surface area (Å²) in [5, 5.41) is 21.2. The van der Waals surface area contributed by atoms with Gasteiger partial charge in [-0.2, -0.15) is 0 Å². The second-order valence-corrected chi connectivity index (χ2v) is 7.87. The Labute approximate surface area is 172 Å². The number of thiocarbonyl (C=S) groups is 1. The zero-order valence-electron chi connectivity index (χ0n) is 15.2. The van der Waals surface area contributed by atoms with Gasteiger partial charge in [0.15, 0.2) is 0 Å². The van der Waals surface area contributed by atoms with Crippen molar-refractivity contribution in [3.63, 3.8) is 0 Å². The van der Waals surface area contributed by atoms with Crippen LogP contribution in [0.25, 0.3) is 6.08 Å². The van der Waals surface area contributed by atoms with E-state index in [1.54, 1.807) is 30.3 Å². The number of benzene rings is 1. The Bertz CT molecular complexity index is 794. The van der Waals surface area contributed by atoms with Crippen LogP contribution in [0.4, 0.5) is 0 Å². The first-order valence-corrected chi connectivity index (χ1v) is 10.1. The van der Waals surface area contributed by atoms with Crippen LogP contribution < -0.4 is 5.32 Å². The van der Waals surface area contributed by atoms with Gasteiger partial charge >= 0.3 is 5.97 Å². The van der Waals surface area contributed by atoms with Gasteiger partial charge < -0.3 is 15.5 Å². The predicted molar refractivity (Wildman–Crippen MR) is 112 cm³/mol. The lowest BCUT2D eigenvalue weighted by Gasteiger charge is -2.14. The number of rotatable bonds is 10. The van der Waals surface area contributed by atoms with E-state index < -0.39 is 5.97 Å². The lowest BCUT2D eigenvalue weighted by atomic mass is 10.2. The number of carbonyl (C=O) groups excluding carboxylic acids is 2. The molecule has 1 fully saturated rings. The monoisotopic (exact) mass is 422 g/mol. The van der Waals surface area contributed by atoms with Crippen LogP contribution in [0.5, 0.6) is 5.75 Å². The molecule has 0 radical (unpaired) electrons. The van der Waals surface area contributed by atoms with Crippen molar-refractivity contribution >= 4 is 52.2 Å². The molecule has 0 aromatic heterocycles. The van der Waals surface area contributed by atoms with Crippen LogP contribution in [-0.4, -0.2) is 50.3 Å². The molecule has 1 aliphatic rings. The summed E-state index contributed by atoms with van der Waals surface area (Å²) in [6.07, 6.45) is 3.89. The highest BCUT2D eigenvalue weighted by Gasteiger charge is 2.32. The van der Waals surface area contributed by atoms with E-state index >= 15 is 0 Å². The number of carboxylic acid groups (broad SMARTS) is 1. The molecular formula is C19H22N2O5S2. The number of hydrogen-bond acceptors (Lipinski definition) is 6. The molecule has 1 heterocycles. The van der Waals surface area contributed by atoms with E-state index in [2.05, 4.69) is 5.32 Å². The van der Waals surface area contributed by atoms with E-state index in [0.717, 1.165) is 18.2 Å². The van der Waals surface area contributed by atoms with Gasteiger partial charge in [0, 0.05) is 31.5 Å². The zero-order valence-corrected chi connectivity index (χ0v) is 16.9. The predicted octanol–water partition coefficient (Wildman–Crippen LogP) is 2.74. The third-order valence-electron chi connectivity index (χ3n) is 4.05. The first-order chi connectivity index (χ1) is 13.4. The molecular weight excluding hydrogens is 400 g/mol. The van der Waals surface area contributed by atoms with Gasteiger partial charge in [-0.3, -0.25) is 19.3 Å². The van der Waals surface area contributed by atoms with Crippen LogP contribution in [0.3, 0.4) is 0 Å². The topological polar surface area (TPSA) is 107 Å². The average Bonchev–Trinajstić information content (AvgIpc) is 2.91. The molecule has 7 nitrogen and oxygen atoms in total. The quantitative estimate of drug-likeness (QED) is 0.302. The fourth-order valence-electron chi connectivity index (χ4n) is 2.55. The van der Waals surface area contributed by atoms with E-state index in [9.17, 15) is 19.5 Å². The van der Waals surface area contributed by atoms with Gasteiger partial charge in [0.25, 0.3) is 5.91 Å². The molecule has 0 atom stereocenters. The summed E-state index contributed by atoms with van der Waals surface area (Å²) in [4.78, 5) is 36.7. The lowest BCUT2D eigenvalue weighted by molar-refractivity contribution is -0.137. The molecule has 150 valence electrons. The molecule has 28 heavy (non-hydrogen) atoms. The third-order valence-corrected chi connectivity index (χ3v) is 5.43. The van der Waals surface area contributed by atoms with E-state index in [-0.39, 0.29) is 37.0 Å². The Kier molecular flexibility index (Phi) is 8.46. The summed E-state index contributed by atoms with van der Waals surface area (Å²) in [7, 11) is 0. The van der Waals surface area contributed by atoms with Crippen molar-refractivity contribution in [1.82, 2.24) is 10.2 Å². The minimum Gasteiger partial charge on any atom is -0.507 e. The van der Waals surface area contributed by atoms with Crippen molar-refractivity contribution in [3.05, 3.63) is 34.7 Å². The van der Waals surface area contributed by atoms with Crippen molar-refractivity contribution in [2.75, 3.05) is 13.1 Å². The molecule has 2 rings (SSSR count). The Hall–Kier alpha value is -2.39. The molecule has 0 saturated carbocycles. The average molecular weight is 423 g/mol. The molecule has 0 spiro atoms. The summed E-state index contributed by atoms with van der Waals surface area (Å²) in [5.74, 6) is -1.20. The fraction of sp³-hybridized carbons (Fsp3) is 0.368. The number of phenols is 1. The van der Waals surface area contributed by atoms with Crippen LogP contribution in [0, 0.1) is 0 Å². The first-order valence-electron chi connectivity index (χ1n) is 8.90. The number of para-hydroxylation sites is 1. The Morgan fingerprint density at radius 1 is 1.18 bits per heavy atom. The number of unbranched alkanes of at least 4 members (excludes halogenated alkanes) is 2. The number of aliphatic carboxylic acids is 1. The molecule has 0 aliphatic carbocycles. The second kappa shape index (κ2) is 10.8. The molecule has 0 bridgehead atoms. The van der Waals surface area contributed by atoms with Crippen LogP contribution in [0.2, 0.25) is 0 Å². The minimum atomic E-state index is -0.816. The third kappa shape index (κ3) is 6.65. The molecule has 1 aliphatic heterocycles. The van der Waals surface area contributed by atoms with Crippen molar-refractivity contribution in [3.8, 4) is 5.75 Å². The number of nitrogens with zero attached hydrogens (tertiary/aromatic N) is 1. The molecule has 1 aromatic carbocycles. The Morgan fingerprint density at radius 2 is 1.93 bits per heavy atom. The molecule has 1 saturated heterocycles. The van der Waals surface area contributed by atoms with Crippen LogP contribution in [0.15, 0.2) is 29.2 Å². The molecule has 0 unspecified atom stereocenters. The summed E-state index contributed by atoms with van der Waals surface area (Å²) in [6.45, 7) is 0.664. The number of carbonyl (C=O) groups is 3. The van der Waals surface area contributed by atoms with E-state index in [4.69, 9.17) is 17.3 Å². The number of thioether (sulfide) groups is 1. The highest BCUT2D eigenvalue weighted by molar-refractivity contribution is 8.26. The number of hydrogen-bond donors (Lipinski definition) is 3. The van der Waals surface area contributed by atoms with E-state index in [1.807, 2.05) is 0 Å². The van der Waals surface area contributed by atoms with Gasteiger partial charge in [-0.1, -0.05) is 48.6 Å². The molecule has 9 heteroatoms. The highest BCUT2D eigenvalue weighted by Crippen LogP contribution is 2.33. The number of aromatic hydroxyl groups is 1. The van der Waals surface area contributed by atoms with E-state index in [0.29, 0.717) is 34.2 Å². The number of amides is 2. The van der Waals surface area contributed by atoms with Gasteiger partial charge in [-0.15, -0.1) is 0 Å². The van der Waals surface area contributed by atoms with Gasteiger partial charge in [-0.25, -0.2) is 0 Å². The largest absolute Gasteiger partial charge is 0.507 e. The van der Waals surface area contributed by atoms with Crippen molar-refractivity contribution in [1.29, 1.82) is 0 Å². The van der Waals surface area contributed by atoms with Gasteiger partial charge in [0.1, 0.15) is 10.1 Å². The SMILES string of the molecule is O=C(O)CCCCCNC(=O)CCN1C(=O)/C(=C/c2ccccc2O)SC1=S. The normalized spacial score (nSPS) is 15.3. The summed E-state index contributed by atoms with van der Waals surface area (Å²) in [5.41, 5.74) is 0.531. The van der Waals surface area contributed by atoms with Crippen LogP contribution >= 0.6 is 24.0 Å². The number of carboxylic acids is 1. The van der Waals surface area contributed by atoms with Crippen molar-refractivity contribution < 1.29 is 24.6 Å². The summed E-state index contributed by atoms with van der Waals surface area (Å²) < 4.78 is 0.383. The second-order valence-electron chi connectivity index (χ2n) is 6.20. The van der Waals surface area contributed by atoms with E-state index in [1.165, 1.54) is 4.90 Å². The molecule has 3 N–H and O–H groups in total. The standard InChI is InChI=1S/C19H22N2O5S2/c22-14-7-4-3-6-13(14)12-15-18(26)21(19(27)28-15)11-9-16(23)20-10-5-1-2-8-17(24)25/h3-4,6-7,12,22H,1-2,5,8-11H2,(H,20,23)(H,24,25)/b15-12-. The van der Waals surface area contributed by atoms with Gasteiger partial charge in [0.05, 0.1) is 4.91 Å². The first kappa shape index (κ1) is 21.9. The highest BCUT2D eigenvalue weighted by atomic mass is 32.2. The van der Waals surface area contributed by atoms with Crippen LogP contribution in [0.1, 0.15) is 37.7 Å². The Morgan fingerprint density at radius 3 is 2.64 bits per heavy atom.